The van der Waals surface area contributed by atoms with E-state index in [0.717, 1.165) is 0 Å². The molecule has 4 aromatic rings. The lowest BCUT2D eigenvalue weighted by Crippen LogP contribution is -2.22. The number of imidazole rings is 1. The van der Waals surface area contributed by atoms with Crippen LogP contribution in [0.2, 0.25) is 0 Å². The number of primary sulfonamides is 1. The van der Waals surface area contributed by atoms with E-state index >= 15 is 0 Å². The Labute approximate surface area is 194 Å². The number of tetrazole rings is 1. The Kier molecular flexibility index (Phi) is 6.19. The van der Waals surface area contributed by atoms with E-state index in [1.165, 1.54) is 12.1 Å². The van der Waals surface area contributed by atoms with Crippen molar-refractivity contribution in [2.45, 2.75) is 15.8 Å². The first-order chi connectivity index (χ1) is 16.1. The third-order valence-corrected chi connectivity index (χ3v) is 8.03. The molecule has 0 saturated heterocycles. The standard InChI is InChI=1S/C18H22N10O4S2/c19-6-7-33(29,30)13-5-4-9(14(16(13)34(22,31)32)18-25-27-28-26-18)10-2-1-3-12-15(10)24-17(23-12)11(21)8-20/h1-5,11H,6-8,19-21H2,(H,23,24)(H2,22,31,32)(H,25,26,27,28)/t11-/m1/s1. The second kappa shape index (κ2) is 8.82. The summed E-state index contributed by atoms with van der Waals surface area (Å²) < 4.78 is 51.3. The van der Waals surface area contributed by atoms with Gasteiger partial charge in [0.25, 0.3) is 0 Å². The number of nitrogens with one attached hydrogen (secondary N) is 2. The molecule has 0 aliphatic heterocycles. The van der Waals surface area contributed by atoms with Crippen LogP contribution in [0.15, 0.2) is 40.1 Å². The highest BCUT2D eigenvalue weighted by molar-refractivity contribution is 7.93. The zero-order valence-electron chi connectivity index (χ0n) is 17.6. The van der Waals surface area contributed by atoms with Gasteiger partial charge in [-0.05, 0) is 22.9 Å². The van der Waals surface area contributed by atoms with E-state index in [9.17, 15) is 16.8 Å². The number of nitrogens with zero attached hydrogens (tertiary/aromatic N) is 4. The molecule has 0 spiro atoms. The van der Waals surface area contributed by atoms with Crippen molar-refractivity contribution < 1.29 is 16.8 Å². The number of H-pyrrole nitrogens is 2. The lowest BCUT2D eigenvalue weighted by atomic mass is 9.98. The molecule has 2 aromatic carbocycles. The molecule has 0 aliphatic rings. The Morgan fingerprint density at radius 2 is 1.79 bits per heavy atom. The molecule has 0 bridgehead atoms. The molecular formula is C18H22N10O4S2. The summed E-state index contributed by atoms with van der Waals surface area (Å²) in [4.78, 5) is 6.45. The summed E-state index contributed by atoms with van der Waals surface area (Å²) in [6.45, 7) is -0.0744. The van der Waals surface area contributed by atoms with Crippen molar-refractivity contribution in [3.8, 4) is 22.5 Å². The van der Waals surface area contributed by atoms with Gasteiger partial charge in [0.05, 0.1) is 33.3 Å². The Bertz CT molecular complexity index is 1560. The number of fused-ring (bicyclic) bond motifs is 1. The topological polar surface area (TPSA) is 255 Å². The second-order valence-electron chi connectivity index (χ2n) is 7.37. The highest BCUT2D eigenvalue weighted by Crippen LogP contribution is 2.40. The van der Waals surface area contributed by atoms with Crippen LogP contribution in [0.4, 0.5) is 0 Å². The van der Waals surface area contributed by atoms with Gasteiger partial charge in [-0.25, -0.2) is 27.0 Å². The van der Waals surface area contributed by atoms with E-state index in [4.69, 9.17) is 22.3 Å². The van der Waals surface area contributed by atoms with Crippen LogP contribution in [-0.2, 0) is 19.9 Å². The Morgan fingerprint density at radius 3 is 2.41 bits per heavy atom. The summed E-state index contributed by atoms with van der Waals surface area (Å²) >= 11 is 0. The van der Waals surface area contributed by atoms with Crippen LogP contribution in [0.3, 0.4) is 0 Å². The van der Waals surface area contributed by atoms with E-state index in [1.54, 1.807) is 18.2 Å². The zero-order valence-corrected chi connectivity index (χ0v) is 19.3. The molecule has 0 amide bonds. The summed E-state index contributed by atoms with van der Waals surface area (Å²) in [6.07, 6.45) is 0. The number of hydrogen-bond donors (Lipinski definition) is 6. The van der Waals surface area contributed by atoms with Crippen molar-refractivity contribution in [2.24, 2.45) is 22.3 Å². The Hall–Kier alpha value is -3.28. The van der Waals surface area contributed by atoms with E-state index in [1.807, 2.05) is 0 Å². The van der Waals surface area contributed by atoms with E-state index < -0.39 is 41.4 Å². The number of nitrogens with two attached hydrogens (primary N) is 4. The predicted octanol–water partition coefficient (Wildman–Crippen LogP) is -1.25. The van der Waals surface area contributed by atoms with Gasteiger partial charge in [0.15, 0.2) is 9.84 Å². The highest BCUT2D eigenvalue weighted by Gasteiger charge is 2.32. The molecule has 0 fully saturated rings. The molecule has 16 heteroatoms. The summed E-state index contributed by atoms with van der Waals surface area (Å²) in [7, 11) is -8.71. The molecule has 0 unspecified atom stereocenters. The Balaban J connectivity index is 2.13. The predicted molar refractivity (Wildman–Crippen MR) is 123 cm³/mol. The van der Waals surface area contributed by atoms with E-state index in [0.29, 0.717) is 22.4 Å². The number of rotatable bonds is 8. The first kappa shape index (κ1) is 23.9. The zero-order chi connectivity index (χ0) is 24.7. The average Bonchev–Trinajstić information content (AvgIpc) is 3.46. The minimum atomic E-state index is -4.59. The molecule has 34 heavy (non-hydrogen) atoms. The molecule has 0 radical (unpaired) electrons. The minimum absolute atomic E-state index is 0.144. The fraction of sp³-hybridized carbons (Fsp3) is 0.222. The van der Waals surface area contributed by atoms with Crippen LogP contribution in [0.25, 0.3) is 33.5 Å². The maximum Gasteiger partial charge on any atom is 0.240 e. The lowest BCUT2D eigenvalue weighted by molar-refractivity contribution is 0.583. The molecule has 2 aromatic heterocycles. The van der Waals surface area contributed by atoms with Crippen molar-refractivity contribution in [1.82, 2.24) is 30.6 Å². The fourth-order valence-electron chi connectivity index (χ4n) is 3.63. The molecule has 0 aliphatic carbocycles. The van der Waals surface area contributed by atoms with Crippen LogP contribution in [0.1, 0.15) is 11.9 Å². The SMILES string of the molecule is NCCS(=O)(=O)c1ccc(-c2cccc3[nH]c([C@H](N)CN)nc23)c(-c2nn[nH]n2)c1S(N)(=O)=O. The lowest BCUT2D eigenvalue weighted by Gasteiger charge is -2.16. The molecule has 14 nitrogen and oxygen atoms in total. The van der Waals surface area contributed by atoms with E-state index in [-0.39, 0.29) is 30.0 Å². The van der Waals surface area contributed by atoms with Gasteiger partial charge in [-0.15, -0.1) is 10.2 Å². The number of benzene rings is 2. The van der Waals surface area contributed by atoms with Gasteiger partial charge < -0.3 is 22.2 Å². The van der Waals surface area contributed by atoms with Crippen molar-refractivity contribution in [2.75, 3.05) is 18.8 Å². The number of sulfone groups is 1. The van der Waals surface area contributed by atoms with Gasteiger partial charge in [-0.2, -0.15) is 5.21 Å². The van der Waals surface area contributed by atoms with Gasteiger partial charge in [-0.1, -0.05) is 18.2 Å². The van der Waals surface area contributed by atoms with Crippen molar-refractivity contribution in [1.29, 1.82) is 0 Å². The fourth-order valence-corrected chi connectivity index (χ4v) is 6.38. The second-order valence-corrected chi connectivity index (χ2v) is 10.9. The van der Waals surface area contributed by atoms with Gasteiger partial charge >= 0.3 is 0 Å². The van der Waals surface area contributed by atoms with Gasteiger partial charge in [-0.3, -0.25) is 0 Å². The first-order valence-corrected chi connectivity index (χ1v) is 13.1. The van der Waals surface area contributed by atoms with E-state index in [2.05, 4.69) is 30.6 Å². The third-order valence-electron chi connectivity index (χ3n) is 5.12. The molecule has 10 N–H and O–H groups in total. The summed E-state index contributed by atoms with van der Waals surface area (Å²) in [5, 5.41) is 19.0. The maximum atomic E-state index is 12.9. The van der Waals surface area contributed by atoms with Crippen molar-refractivity contribution in [3.63, 3.8) is 0 Å². The first-order valence-electron chi connectivity index (χ1n) is 9.89. The van der Waals surface area contributed by atoms with Gasteiger partial charge in [0.1, 0.15) is 10.7 Å². The minimum Gasteiger partial charge on any atom is -0.341 e. The van der Waals surface area contributed by atoms with Crippen molar-refractivity contribution >= 4 is 30.9 Å². The summed E-state index contributed by atoms with van der Waals surface area (Å²) in [5.41, 5.74) is 18.7. The van der Waals surface area contributed by atoms with Gasteiger partial charge in [0.2, 0.25) is 15.8 Å². The number of para-hydroxylation sites is 1. The average molecular weight is 507 g/mol. The summed E-state index contributed by atoms with van der Waals surface area (Å²) in [5.74, 6) is -0.231. The number of sulfonamides is 1. The largest absolute Gasteiger partial charge is 0.341 e. The quantitative estimate of drug-likeness (QED) is 0.164. The number of hydrogen-bond acceptors (Lipinski definition) is 11. The summed E-state index contributed by atoms with van der Waals surface area (Å²) in [6, 6.07) is 7.20. The van der Waals surface area contributed by atoms with Crippen LogP contribution in [0.5, 0.6) is 0 Å². The normalized spacial score (nSPS) is 13.4. The molecule has 4 rings (SSSR count). The van der Waals surface area contributed by atoms with Gasteiger partial charge in [0, 0.05) is 18.7 Å². The smallest absolute Gasteiger partial charge is 0.240 e. The highest BCUT2D eigenvalue weighted by atomic mass is 32.2. The van der Waals surface area contributed by atoms with Crippen LogP contribution < -0.4 is 22.3 Å². The van der Waals surface area contributed by atoms with Crippen LogP contribution in [-0.4, -0.2) is 66.3 Å². The van der Waals surface area contributed by atoms with Crippen molar-refractivity contribution in [3.05, 3.63) is 36.2 Å². The monoisotopic (exact) mass is 506 g/mol. The molecule has 2 heterocycles. The van der Waals surface area contributed by atoms with Crippen LogP contribution in [0, 0.1) is 0 Å². The number of aromatic amines is 2. The maximum absolute atomic E-state index is 12.9. The Morgan fingerprint density at radius 1 is 1.03 bits per heavy atom. The molecule has 1 atom stereocenters. The molecule has 180 valence electrons. The number of aromatic nitrogens is 6. The third kappa shape index (κ3) is 4.17. The molecule has 0 saturated carbocycles. The van der Waals surface area contributed by atoms with Crippen LogP contribution >= 0.6 is 0 Å². The molecular weight excluding hydrogens is 484 g/mol.